The van der Waals surface area contributed by atoms with Crippen molar-refractivity contribution < 1.29 is 27.6 Å². The van der Waals surface area contributed by atoms with Crippen LogP contribution in [0.5, 0.6) is 5.75 Å². The number of aliphatic hydroxyl groups excluding tert-OH is 1. The van der Waals surface area contributed by atoms with Crippen molar-refractivity contribution in [1.82, 2.24) is 9.36 Å². The van der Waals surface area contributed by atoms with Crippen molar-refractivity contribution in [2.24, 2.45) is 7.05 Å². The molecule has 0 bridgehead atoms. The molecule has 8 heteroatoms. The van der Waals surface area contributed by atoms with Crippen LogP contribution in [0.15, 0.2) is 88.5 Å². The van der Waals surface area contributed by atoms with Gasteiger partial charge in [0.15, 0.2) is 0 Å². The van der Waals surface area contributed by atoms with Crippen LogP contribution < -0.4 is 33.6 Å². The molecule has 1 aromatic heterocycles. The van der Waals surface area contributed by atoms with Crippen molar-refractivity contribution >= 4 is 10.8 Å². The van der Waals surface area contributed by atoms with Gasteiger partial charge < -0.3 is 27.6 Å². The van der Waals surface area contributed by atoms with Crippen molar-refractivity contribution in [3.8, 4) is 5.75 Å². The Labute approximate surface area is 216 Å². The van der Waals surface area contributed by atoms with E-state index in [1.54, 1.807) is 31.3 Å². The predicted molar refractivity (Wildman–Crippen MR) is 136 cm³/mol. The number of nitrogens with two attached hydrogens (primary N) is 1. The van der Waals surface area contributed by atoms with Gasteiger partial charge in [-0.05, 0) is 42.3 Å². The Balaban J connectivity index is 0.00000361. The maximum atomic E-state index is 12.8. The van der Waals surface area contributed by atoms with Crippen LogP contribution in [-0.4, -0.2) is 27.1 Å². The first-order valence-electron chi connectivity index (χ1n) is 11.9. The second-order valence-electron chi connectivity index (χ2n) is 8.83. The number of halogens is 1. The molecule has 2 unspecified atom stereocenters. The average molecular weight is 510 g/mol. The quantitative estimate of drug-likeness (QED) is 0.278. The summed E-state index contributed by atoms with van der Waals surface area (Å²) < 4.78 is 8.71. The third-order valence-electron chi connectivity index (χ3n) is 6.36. The van der Waals surface area contributed by atoms with Crippen LogP contribution in [0.4, 0.5) is 0 Å². The monoisotopic (exact) mass is 509 g/mol. The third kappa shape index (κ3) is 6.23. The van der Waals surface area contributed by atoms with Crippen molar-refractivity contribution in [3.05, 3.63) is 111 Å². The highest BCUT2D eigenvalue weighted by Crippen LogP contribution is 2.20. The largest absolute Gasteiger partial charge is 1.00 e. The number of ether oxygens (including phenoxy) is 1. The first kappa shape index (κ1) is 27.2. The summed E-state index contributed by atoms with van der Waals surface area (Å²) in [4.78, 5) is 25.4. The van der Waals surface area contributed by atoms with Crippen LogP contribution in [0.25, 0.3) is 10.8 Å². The second kappa shape index (κ2) is 12.5. The molecule has 0 aliphatic carbocycles. The normalized spacial score (nSPS) is 12.6. The lowest BCUT2D eigenvalue weighted by atomic mass is 10.0. The molecule has 7 nitrogen and oxygen atoms in total. The Hall–Kier alpha value is -3.39. The van der Waals surface area contributed by atoms with Gasteiger partial charge in [-0.3, -0.25) is 14.3 Å². The Kier molecular flexibility index (Phi) is 9.47. The van der Waals surface area contributed by atoms with Gasteiger partial charge in [-0.15, -0.1) is 0 Å². The molecule has 0 aliphatic rings. The smallest absolute Gasteiger partial charge is 0.273 e. The number of hydrogen-bond acceptors (Lipinski definition) is 4. The average Bonchev–Trinajstić information content (AvgIpc) is 2.90. The number of rotatable bonds is 10. The van der Waals surface area contributed by atoms with Gasteiger partial charge in [0.1, 0.15) is 24.5 Å². The maximum absolute atomic E-state index is 12.8. The van der Waals surface area contributed by atoms with E-state index in [9.17, 15) is 14.7 Å². The van der Waals surface area contributed by atoms with Gasteiger partial charge in [-0.1, -0.05) is 54.6 Å². The lowest BCUT2D eigenvalue weighted by Crippen LogP contribution is -3.00. The van der Waals surface area contributed by atoms with Crippen LogP contribution >= 0.6 is 0 Å². The summed E-state index contributed by atoms with van der Waals surface area (Å²) in [6, 6.07) is 24.4. The fraction of sp³-hybridized carbons (Fsp3) is 0.286. The minimum atomic E-state index is -0.633. The van der Waals surface area contributed by atoms with Gasteiger partial charge in [-0.25, -0.2) is 4.68 Å². The van der Waals surface area contributed by atoms with Gasteiger partial charge >= 0.3 is 0 Å². The number of benzene rings is 3. The lowest BCUT2D eigenvalue weighted by molar-refractivity contribution is -0.694. The van der Waals surface area contributed by atoms with Crippen LogP contribution in [0, 0.1) is 0 Å². The molecule has 4 aromatic rings. The van der Waals surface area contributed by atoms with Gasteiger partial charge in [-0.2, -0.15) is 0 Å². The predicted octanol–water partition coefficient (Wildman–Crippen LogP) is -0.641. The molecular formula is C28H32ClN3O4. The van der Waals surface area contributed by atoms with Crippen molar-refractivity contribution in [3.63, 3.8) is 0 Å². The summed E-state index contributed by atoms with van der Waals surface area (Å²) in [7, 11) is 1.62. The van der Waals surface area contributed by atoms with E-state index < -0.39 is 6.10 Å². The number of quaternary nitrogens is 1. The van der Waals surface area contributed by atoms with E-state index in [1.165, 1.54) is 9.36 Å². The van der Waals surface area contributed by atoms with E-state index in [4.69, 9.17) is 4.74 Å². The summed E-state index contributed by atoms with van der Waals surface area (Å²) in [5.41, 5.74) is 1.59. The number of aliphatic hydroxyl groups is 1. The highest BCUT2D eigenvalue weighted by Gasteiger charge is 2.19. The molecule has 0 radical (unpaired) electrons. The first-order chi connectivity index (χ1) is 17.0. The van der Waals surface area contributed by atoms with Gasteiger partial charge in [0.2, 0.25) is 0 Å². The van der Waals surface area contributed by atoms with E-state index in [0.29, 0.717) is 36.9 Å². The van der Waals surface area contributed by atoms with E-state index in [0.717, 1.165) is 16.9 Å². The minimum absolute atomic E-state index is 0. The molecular weight excluding hydrogens is 478 g/mol. The highest BCUT2D eigenvalue weighted by atomic mass is 35.5. The van der Waals surface area contributed by atoms with Gasteiger partial charge in [0, 0.05) is 20.0 Å². The molecule has 0 fully saturated rings. The van der Waals surface area contributed by atoms with E-state index in [1.807, 2.05) is 61.5 Å². The second-order valence-corrected chi connectivity index (χ2v) is 8.83. The van der Waals surface area contributed by atoms with Crippen LogP contribution in [-0.2, 0) is 20.2 Å². The summed E-state index contributed by atoms with van der Waals surface area (Å²) in [5.74, 6) is 0.757. The van der Waals surface area contributed by atoms with Crippen molar-refractivity contribution in [2.75, 3.05) is 6.54 Å². The molecule has 0 spiro atoms. The number of aromatic nitrogens is 2. The SMILES string of the molecule is CC([NH2+]CCCn1c(=O)c2ccccc2c(=O)n1C)C(O)c1ccc(OCc2ccccc2)cc1.[Cl-]. The molecule has 2 atom stereocenters. The Morgan fingerprint density at radius 3 is 2.17 bits per heavy atom. The molecule has 0 aliphatic heterocycles. The maximum Gasteiger partial charge on any atom is 0.273 e. The minimum Gasteiger partial charge on any atom is -1.00 e. The molecule has 1 heterocycles. The number of nitrogens with zero attached hydrogens (tertiary/aromatic N) is 2. The Morgan fingerprint density at radius 1 is 0.889 bits per heavy atom. The Bertz CT molecular complexity index is 1380. The van der Waals surface area contributed by atoms with E-state index in [-0.39, 0.29) is 29.6 Å². The highest BCUT2D eigenvalue weighted by molar-refractivity contribution is 5.80. The first-order valence-corrected chi connectivity index (χ1v) is 11.9. The fourth-order valence-corrected chi connectivity index (χ4v) is 4.22. The van der Waals surface area contributed by atoms with E-state index >= 15 is 0 Å². The molecule has 3 N–H and O–H groups in total. The molecule has 0 saturated heterocycles. The fourth-order valence-electron chi connectivity index (χ4n) is 4.22. The standard InChI is InChI=1S/C28H31N3O4.ClH/c1-20(26(32)22-13-15-23(16-14-22)35-19-21-9-4-3-5-10-21)29-17-8-18-31-28(34)25-12-7-6-11-24(25)27(33)30(31)2;/h3-7,9-16,20,26,29,32H,8,17-19H2,1-2H3;1H. The van der Waals surface area contributed by atoms with Crippen molar-refractivity contribution in [2.45, 2.75) is 38.6 Å². The van der Waals surface area contributed by atoms with Crippen LogP contribution in [0.3, 0.4) is 0 Å². The molecule has 36 heavy (non-hydrogen) atoms. The number of hydrogen-bond donors (Lipinski definition) is 2. The molecule has 3 aromatic carbocycles. The summed E-state index contributed by atoms with van der Waals surface area (Å²) in [6.45, 7) is 3.62. The zero-order chi connectivity index (χ0) is 24.8. The van der Waals surface area contributed by atoms with Gasteiger partial charge in [0.25, 0.3) is 11.1 Å². The van der Waals surface area contributed by atoms with Crippen molar-refractivity contribution in [1.29, 1.82) is 0 Å². The van der Waals surface area contributed by atoms with Crippen LogP contribution in [0.2, 0.25) is 0 Å². The molecule has 4 rings (SSSR count). The van der Waals surface area contributed by atoms with Crippen LogP contribution in [0.1, 0.15) is 30.6 Å². The topological polar surface area (TPSA) is 90.1 Å². The molecule has 0 amide bonds. The zero-order valence-electron chi connectivity index (χ0n) is 20.5. The summed E-state index contributed by atoms with van der Waals surface area (Å²) >= 11 is 0. The Morgan fingerprint density at radius 2 is 1.50 bits per heavy atom. The zero-order valence-corrected chi connectivity index (χ0v) is 21.3. The molecule has 0 saturated carbocycles. The third-order valence-corrected chi connectivity index (χ3v) is 6.36. The lowest BCUT2D eigenvalue weighted by Gasteiger charge is -2.19. The summed E-state index contributed by atoms with van der Waals surface area (Å²) in [6.07, 6.45) is 0.0559. The number of fused-ring (bicyclic) bond motifs is 1. The summed E-state index contributed by atoms with van der Waals surface area (Å²) in [5, 5.41) is 13.7. The van der Waals surface area contributed by atoms with E-state index in [2.05, 4.69) is 5.32 Å². The van der Waals surface area contributed by atoms with Gasteiger partial charge in [0.05, 0.1) is 17.3 Å². The molecule has 190 valence electrons.